The number of nitrogens with zero attached hydrogens (tertiary/aromatic N) is 2. The Bertz CT molecular complexity index is 840. The molecule has 0 saturated heterocycles. The lowest BCUT2D eigenvalue weighted by Crippen LogP contribution is -2.39. The van der Waals surface area contributed by atoms with Gasteiger partial charge in [-0.1, -0.05) is 26.8 Å². The van der Waals surface area contributed by atoms with Gasteiger partial charge in [0.2, 0.25) is 5.91 Å². The van der Waals surface area contributed by atoms with Crippen molar-refractivity contribution >= 4 is 11.8 Å². The molecule has 140 valence electrons. The summed E-state index contributed by atoms with van der Waals surface area (Å²) in [6.45, 7) is 5.89. The lowest BCUT2D eigenvalue weighted by molar-refractivity contribution is -0.122. The number of halogens is 2. The van der Waals surface area contributed by atoms with Crippen molar-refractivity contribution in [1.29, 1.82) is 0 Å². The first-order valence-electron chi connectivity index (χ1n) is 8.06. The van der Waals surface area contributed by atoms with Gasteiger partial charge < -0.3 is 10.6 Å². The van der Waals surface area contributed by atoms with Crippen LogP contribution in [0.3, 0.4) is 0 Å². The van der Waals surface area contributed by atoms with Crippen LogP contribution >= 0.6 is 0 Å². The summed E-state index contributed by atoms with van der Waals surface area (Å²) in [6, 6.07) is 3.52. The maximum absolute atomic E-state index is 13.5. The van der Waals surface area contributed by atoms with Gasteiger partial charge in [-0.25, -0.2) is 8.78 Å². The molecule has 2 amide bonds. The van der Waals surface area contributed by atoms with Crippen molar-refractivity contribution in [2.75, 3.05) is 7.05 Å². The average molecular weight is 364 g/mol. The van der Waals surface area contributed by atoms with Gasteiger partial charge in [0.1, 0.15) is 11.7 Å². The van der Waals surface area contributed by atoms with Gasteiger partial charge in [0, 0.05) is 19.5 Å². The fraction of sp³-hybridized carbons (Fsp3) is 0.389. The third-order valence-electron chi connectivity index (χ3n) is 3.94. The largest absolute Gasteiger partial charge is 0.357 e. The van der Waals surface area contributed by atoms with Crippen molar-refractivity contribution in [3.05, 3.63) is 52.9 Å². The van der Waals surface area contributed by atoms with E-state index in [0.29, 0.717) is 0 Å². The SMILES string of the molecule is CNC(=O)C(NC(=O)c1cc(C(C)(C)C)nn1C)c1ccc(F)c(F)c1. The smallest absolute Gasteiger partial charge is 0.270 e. The Hall–Kier alpha value is -2.77. The highest BCUT2D eigenvalue weighted by Crippen LogP contribution is 2.22. The van der Waals surface area contributed by atoms with Crippen molar-refractivity contribution in [1.82, 2.24) is 20.4 Å². The molecule has 0 spiro atoms. The van der Waals surface area contributed by atoms with Gasteiger partial charge in [0.15, 0.2) is 11.6 Å². The molecule has 1 unspecified atom stereocenters. The van der Waals surface area contributed by atoms with Crippen molar-refractivity contribution in [2.24, 2.45) is 7.05 Å². The molecule has 0 saturated carbocycles. The summed E-state index contributed by atoms with van der Waals surface area (Å²) >= 11 is 0. The summed E-state index contributed by atoms with van der Waals surface area (Å²) in [4.78, 5) is 24.8. The zero-order valence-electron chi connectivity index (χ0n) is 15.4. The minimum Gasteiger partial charge on any atom is -0.357 e. The standard InChI is InChI=1S/C18H22F2N4O2/c1-18(2,3)14-9-13(24(5)23-14)16(25)22-15(17(26)21-4)10-6-7-11(19)12(20)8-10/h6-9,15H,1-5H3,(H,21,26)(H,22,25). The van der Waals surface area contributed by atoms with E-state index in [1.807, 2.05) is 20.8 Å². The summed E-state index contributed by atoms with van der Waals surface area (Å²) in [6.07, 6.45) is 0. The van der Waals surface area contributed by atoms with Crippen LogP contribution < -0.4 is 10.6 Å². The highest BCUT2D eigenvalue weighted by atomic mass is 19.2. The van der Waals surface area contributed by atoms with E-state index in [-0.39, 0.29) is 16.7 Å². The first kappa shape index (κ1) is 19.6. The molecule has 2 N–H and O–H groups in total. The summed E-state index contributed by atoms with van der Waals surface area (Å²) < 4.78 is 28.1. The van der Waals surface area contributed by atoms with Crippen LogP contribution in [0, 0.1) is 11.6 Å². The van der Waals surface area contributed by atoms with E-state index in [4.69, 9.17) is 0 Å². The number of nitrogens with one attached hydrogen (secondary N) is 2. The molecular weight excluding hydrogens is 342 g/mol. The topological polar surface area (TPSA) is 76.0 Å². The number of aromatic nitrogens is 2. The second-order valence-corrected chi connectivity index (χ2v) is 6.98. The molecule has 0 aliphatic heterocycles. The van der Waals surface area contributed by atoms with Gasteiger partial charge in [0.05, 0.1) is 5.69 Å². The molecule has 0 aliphatic rings. The first-order chi connectivity index (χ1) is 12.0. The molecule has 0 bridgehead atoms. The number of aryl methyl sites for hydroxylation is 1. The summed E-state index contributed by atoms with van der Waals surface area (Å²) in [5.41, 5.74) is 0.854. The normalized spacial score (nSPS) is 12.6. The molecule has 1 aromatic carbocycles. The number of amides is 2. The third kappa shape index (κ3) is 4.07. The quantitative estimate of drug-likeness (QED) is 0.873. The van der Waals surface area contributed by atoms with Gasteiger partial charge in [-0.05, 0) is 23.8 Å². The van der Waals surface area contributed by atoms with Gasteiger partial charge >= 0.3 is 0 Å². The van der Waals surface area contributed by atoms with E-state index < -0.39 is 29.5 Å². The highest BCUT2D eigenvalue weighted by Gasteiger charge is 2.27. The average Bonchev–Trinajstić information content (AvgIpc) is 2.96. The van der Waals surface area contributed by atoms with Crippen LogP contribution in [0.15, 0.2) is 24.3 Å². The fourth-order valence-corrected chi connectivity index (χ4v) is 2.39. The van der Waals surface area contributed by atoms with Crippen molar-refractivity contribution in [3.63, 3.8) is 0 Å². The van der Waals surface area contributed by atoms with Crippen molar-refractivity contribution < 1.29 is 18.4 Å². The number of carbonyl (C=O) groups excluding carboxylic acids is 2. The zero-order valence-corrected chi connectivity index (χ0v) is 15.4. The first-order valence-corrected chi connectivity index (χ1v) is 8.06. The predicted octanol–water partition coefficient (Wildman–Crippen LogP) is 2.21. The molecule has 2 aromatic rings. The number of benzene rings is 1. The number of hydrogen-bond donors (Lipinski definition) is 2. The zero-order chi connectivity index (χ0) is 19.6. The third-order valence-corrected chi connectivity index (χ3v) is 3.94. The second kappa shape index (κ2) is 7.23. The molecule has 1 heterocycles. The molecule has 0 radical (unpaired) electrons. The Labute approximate surface area is 150 Å². The summed E-state index contributed by atoms with van der Waals surface area (Å²) in [5, 5.41) is 9.28. The Morgan fingerprint density at radius 1 is 1.15 bits per heavy atom. The lowest BCUT2D eigenvalue weighted by atomic mass is 9.92. The number of carbonyl (C=O) groups is 2. The predicted molar refractivity (Wildman–Crippen MR) is 92.5 cm³/mol. The maximum atomic E-state index is 13.5. The molecule has 26 heavy (non-hydrogen) atoms. The highest BCUT2D eigenvalue weighted by molar-refractivity contribution is 5.96. The van der Waals surface area contributed by atoms with Crippen LogP contribution in [0.25, 0.3) is 0 Å². The van der Waals surface area contributed by atoms with Gasteiger partial charge in [-0.3, -0.25) is 14.3 Å². The lowest BCUT2D eigenvalue weighted by Gasteiger charge is -2.18. The molecule has 6 nitrogen and oxygen atoms in total. The van der Waals surface area contributed by atoms with Gasteiger partial charge in [-0.2, -0.15) is 5.10 Å². The van der Waals surface area contributed by atoms with Crippen LogP contribution in [0.2, 0.25) is 0 Å². The Kier molecular flexibility index (Phi) is 5.44. The van der Waals surface area contributed by atoms with Crippen LogP contribution in [0.5, 0.6) is 0 Å². The second-order valence-electron chi connectivity index (χ2n) is 6.98. The Morgan fingerprint density at radius 2 is 1.81 bits per heavy atom. The van der Waals surface area contributed by atoms with E-state index in [0.717, 1.165) is 17.8 Å². The van der Waals surface area contributed by atoms with E-state index >= 15 is 0 Å². The van der Waals surface area contributed by atoms with E-state index in [9.17, 15) is 18.4 Å². The van der Waals surface area contributed by atoms with Crippen LogP contribution in [0.4, 0.5) is 8.78 Å². The molecule has 0 aliphatic carbocycles. The molecule has 0 fully saturated rings. The van der Waals surface area contributed by atoms with Crippen molar-refractivity contribution in [2.45, 2.75) is 32.2 Å². The molecule has 1 atom stereocenters. The van der Waals surface area contributed by atoms with E-state index in [2.05, 4.69) is 15.7 Å². The van der Waals surface area contributed by atoms with Gasteiger partial charge in [-0.15, -0.1) is 0 Å². The maximum Gasteiger partial charge on any atom is 0.270 e. The molecule has 8 heteroatoms. The van der Waals surface area contributed by atoms with Crippen LogP contribution in [-0.4, -0.2) is 28.6 Å². The monoisotopic (exact) mass is 364 g/mol. The molecular formula is C18H22F2N4O2. The minimum absolute atomic E-state index is 0.134. The molecule has 1 aromatic heterocycles. The van der Waals surface area contributed by atoms with Crippen molar-refractivity contribution in [3.8, 4) is 0 Å². The number of rotatable bonds is 4. The van der Waals surface area contributed by atoms with Crippen LogP contribution in [0.1, 0.15) is 48.6 Å². The van der Waals surface area contributed by atoms with Gasteiger partial charge in [0.25, 0.3) is 5.91 Å². The Morgan fingerprint density at radius 3 is 2.31 bits per heavy atom. The number of hydrogen-bond acceptors (Lipinski definition) is 3. The fourth-order valence-electron chi connectivity index (χ4n) is 2.39. The summed E-state index contributed by atoms with van der Waals surface area (Å²) in [7, 11) is 3.01. The summed E-state index contributed by atoms with van der Waals surface area (Å²) in [5.74, 6) is -3.23. The number of likely N-dealkylation sites (N-methyl/N-ethyl adjacent to an activating group) is 1. The molecule has 2 rings (SSSR count). The van der Waals surface area contributed by atoms with Crippen LogP contribution in [-0.2, 0) is 17.3 Å². The Balaban J connectivity index is 2.34. The van der Waals surface area contributed by atoms with E-state index in [1.165, 1.54) is 17.8 Å². The van der Waals surface area contributed by atoms with E-state index in [1.54, 1.807) is 13.1 Å². The minimum atomic E-state index is -1.17.